The zero-order valence-corrected chi connectivity index (χ0v) is 9.87. The van der Waals surface area contributed by atoms with E-state index in [-0.39, 0.29) is 11.5 Å². The van der Waals surface area contributed by atoms with Gasteiger partial charge in [-0.15, -0.1) is 0 Å². The zero-order chi connectivity index (χ0) is 11.5. The topological polar surface area (TPSA) is 40.5 Å². The van der Waals surface area contributed by atoms with E-state index in [4.69, 9.17) is 0 Å². The summed E-state index contributed by atoms with van der Waals surface area (Å²) in [4.78, 5) is 0. The van der Waals surface area contributed by atoms with Crippen LogP contribution < -0.4 is 0 Å². The van der Waals surface area contributed by atoms with Gasteiger partial charge in [-0.2, -0.15) is 0 Å². The van der Waals surface area contributed by atoms with Crippen molar-refractivity contribution >= 4 is 0 Å². The lowest BCUT2D eigenvalue weighted by atomic mass is 9.81. The van der Waals surface area contributed by atoms with Gasteiger partial charge < -0.3 is 10.2 Å². The van der Waals surface area contributed by atoms with Crippen LogP contribution in [0.3, 0.4) is 0 Å². The minimum Gasteiger partial charge on any atom is -0.504 e. The molecule has 1 aromatic rings. The summed E-state index contributed by atoms with van der Waals surface area (Å²) < 4.78 is 0. The Balaban J connectivity index is 2.11. The van der Waals surface area contributed by atoms with E-state index in [0.717, 1.165) is 18.8 Å². The molecule has 0 heterocycles. The molecule has 0 aromatic heterocycles. The van der Waals surface area contributed by atoms with E-state index in [9.17, 15) is 10.2 Å². The second kappa shape index (κ2) is 4.77. The summed E-state index contributed by atoms with van der Waals surface area (Å²) in [6.07, 6.45) is 7.16. The van der Waals surface area contributed by atoms with Crippen LogP contribution in [0.2, 0.25) is 0 Å². The highest BCUT2D eigenvalue weighted by Crippen LogP contribution is 2.35. The van der Waals surface area contributed by atoms with Crippen LogP contribution in [-0.4, -0.2) is 10.2 Å². The first-order valence-corrected chi connectivity index (χ1v) is 6.24. The first kappa shape index (κ1) is 11.3. The van der Waals surface area contributed by atoms with Gasteiger partial charge in [0.25, 0.3) is 0 Å². The van der Waals surface area contributed by atoms with Crippen LogP contribution in [-0.2, 0) is 12.8 Å². The standard InChI is InChI=1S/C14H20O2/c1-2-3-4-10-5-6-11-8-13(15)14(16)9-12(11)7-10/h8-10,15-16H,2-7H2,1H3. The van der Waals surface area contributed by atoms with Gasteiger partial charge >= 0.3 is 0 Å². The Morgan fingerprint density at radius 3 is 2.56 bits per heavy atom. The van der Waals surface area contributed by atoms with Gasteiger partial charge in [0.15, 0.2) is 11.5 Å². The molecule has 1 atom stereocenters. The molecule has 1 aromatic carbocycles. The highest BCUT2D eigenvalue weighted by atomic mass is 16.3. The molecule has 0 aliphatic heterocycles. The van der Waals surface area contributed by atoms with Crippen LogP contribution in [0.25, 0.3) is 0 Å². The van der Waals surface area contributed by atoms with Crippen LogP contribution in [0.1, 0.15) is 43.7 Å². The Morgan fingerprint density at radius 2 is 1.88 bits per heavy atom. The highest BCUT2D eigenvalue weighted by Gasteiger charge is 2.19. The summed E-state index contributed by atoms with van der Waals surface area (Å²) in [5.41, 5.74) is 2.44. The summed E-state index contributed by atoms with van der Waals surface area (Å²) in [6.45, 7) is 2.22. The number of hydrogen-bond acceptors (Lipinski definition) is 2. The SMILES string of the molecule is CCCCC1CCc2cc(O)c(O)cc2C1. The van der Waals surface area contributed by atoms with E-state index in [1.54, 1.807) is 12.1 Å². The normalized spacial score (nSPS) is 19.4. The Kier molecular flexibility index (Phi) is 3.37. The van der Waals surface area contributed by atoms with Crippen LogP contribution in [0.5, 0.6) is 11.5 Å². The number of hydrogen-bond donors (Lipinski definition) is 2. The van der Waals surface area contributed by atoms with Gasteiger partial charge in [-0.1, -0.05) is 26.2 Å². The Labute approximate surface area is 96.9 Å². The fourth-order valence-electron chi connectivity index (χ4n) is 2.60. The molecule has 0 saturated carbocycles. The van der Waals surface area contributed by atoms with Crippen molar-refractivity contribution in [1.82, 2.24) is 0 Å². The molecule has 1 unspecified atom stereocenters. The molecule has 0 amide bonds. The molecule has 2 N–H and O–H groups in total. The third-order valence-electron chi connectivity index (χ3n) is 3.59. The molecule has 2 heteroatoms. The predicted molar refractivity (Wildman–Crippen MR) is 64.8 cm³/mol. The average molecular weight is 220 g/mol. The van der Waals surface area contributed by atoms with Gasteiger partial charge in [0.1, 0.15) is 0 Å². The monoisotopic (exact) mass is 220 g/mol. The molecular formula is C14H20O2. The Bertz CT molecular complexity index is 371. The summed E-state index contributed by atoms with van der Waals surface area (Å²) in [5.74, 6) is 0.803. The van der Waals surface area contributed by atoms with Gasteiger partial charge in [-0.3, -0.25) is 0 Å². The second-order valence-electron chi connectivity index (χ2n) is 4.86. The number of aromatic hydroxyl groups is 2. The molecule has 1 aliphatic rings. The van der Waals surface area contributed by atoms with Gasteiger partial charge in [-0.25, -0.2) is 0 Å². The third kappa shape index (κ3) is 2.31. The van der Waals surface area contributed by atoms with Gasteiger partial charge in [0.05, 0.1) is 0 Å². The molecule has 0 fully saturated rings. The average Bonchev–Trinajstić information content (AvgIpc) is 2.28. The largest absolute Gasteiger partial charge is 0.504 e. The van der Waals surface area contributed by atoms with Crippen LogP contribution in [0.4, 0.5) is 0 Å². The number of phenols is 2. The highest BCUT2D eigenvalue weighted by molar-refractivity contribution is 5.46. The van der Waals surface area contributed by atoms with E-state index < -0.39 is 0 Å². The fourth-order valence-corrected chi connectivity index (χ4v) is 2.60. The maximum Gasteiger partial charge on any atom is 0.157 e. The molecule has 1 aliphatic carbocycles. The molecular weight excluding hydrogens is 200 g/mol. The summed E-state index contributed by atoms with van der Waals surface area (Å²) >= 11 is 0. The Hall–Kier alpha value is -1.18. The van der Waals surface area contributed by atoms with Crippen molar-refractivity contribution in [2.75, 3.05) is 0 Å². The molecule has 0 radical (unpaired) electrons. The minimum atomic E-state index is 0.0192. The van der Waals surface area contributed by atoms with E-state index in [0.29, 0.717) is 0 Å². The van der Waals surface area contributed by atoms with Crippen molar-refractivity contribution < 1.29 is 10.2 Å². The van der Waals surface area contributed by atoms with E-state index >= 15 is 0 Å². The summed E-state index contributed by atoms with van der Waals surface area (Å²) in [7, 11) is 0. The van der Waals surface area contributed by atoms with E-state index in [1.807, 2.05) is 0 Å². The van der Waals surface area contributed by atoms with Gasteiger partial charge in [0, 0.05) is 0 Å². The molecule has 0 bridgehead atoms. The van der Waals surface area contributed by atoms with Crippen molar-refractivity contribution in [3.05, 3.63) is 23.3 Å². The third-order valence-corrected chi connectivity index (χ3v) is 3.59. The zero-order valence-electron chi connectivity index (χ0n) is 9.87. The molecule has 16 heavy (non-hydrogen) atoms. The number of phenolic OH excluding ortho intramolecular Hbond substituents is 2. The van der Waals surface area contributed by atoms with Crippen LogP contribution >= 0.6 is 0 Å². The lowest BCUT2D eigenvalue weighted by Crippen LogP contribution is -2.14. The van der Waals surface area contributed by atoms with Crippen molar-refractivity contribution in [2.45, 2.75) is 45.4 Å². The first-order valence-electron chi connectivity index (χ1n) is 6.24. The molecule has 2 nitrogen and oxygen atoms in total. The van der Waals surface area contributed by atoms with Gasteiger partial charge in [-0.05, 0) is 48.4 Å². The van der Waals surface area contributed by atoms with Crippen molar-refractivity contribution in [2.24, 2.45) is 5.92 Å². The number of unbranched alkanes of at least 4 members (excludes halogenated alkanes) is 1. The fraction of sp³-hybridized carbons (Fsp3) is 0.571. The van der Waals surface area contributed by atoms with Crippen molar-refractivity contribution in [3.63, 3.8) is 0 Å². The van der Waals surface area contributed by atoms with Crippen LogP contribution in [0, 0.1) is 5.92 Å². The smallest absolute Gasteiger partial charge is 0.157 e. The maximum atomic E-state index is 9.49. The van der Waals surface area contributed by atoms with E-state index in [2.05, 4.69) is 6.92 Å². The second-order valence-corrected chi connectivity index (χ2v) is 4.86. The lowest BCUT2D eigenvalue weighted by molar-refractivity contribution is 0.390. The van der Waals surface area contributed by atoms with Crippen molar-refractivity contribution in [3.8, 4) is 11.5 Å². The summed E-state index contributed by atoms with van der Waals surface area (Å²) in [6, 6.07) is 3.46. The van der Waals surface area contributed by atoms with E-state index in [1.165, 1.54) is 36.8 Å². The summed E-state index contributed by atoms with van der Waals surface area (Å²) in [5, 5.41) is 18.9. The number of aryl methyl sites for hydroxylation is 1. The number of rotatable bonds is 3. The van der Waals surface area contributed by atoms with Crippen molar-refractivity contribution in [1.29, 1.82) is 0 Å². The number of fused-ring (bicyclic) bond motifs is 1. The molecule has 2 rings (SSSR count). The quantitative estimate of drug-likeness (QED) is 0.766. The number of benzene rings is 1. The Morgan fingerprint density at radius 1 is 1.19 bits per heavy atom. The molecule has 88 valence electrons. The minimum absolute atomic E-state index is 0.0192. The van der Waals surface area contributed by atoms with Crippen LogP contribution in [0.15, 0.2) is 12.1 Å². The van der Waals surface area contributed by atoms with Gasteiger partial charge in [0.2, 0.25) is 0 Å². The maximum absolute atomic E-state index is 9.49. The lowest BCUT2D eigenvalue weighted by Gasteiger charge is -2.24. The predicted octanol–water partition coefficient (Wildman–Crippen LogP) is 3.39. The molecule has 0 spiro atoms. The first-order chi connectivity index (χ1) is 7.70. The molecule has 0 saturated heterocycles.